The van der Waals surface area contributed by atoms with Gasteiger partial charge in [0.05, 0.1) is 25.9 Å². The molecule has 3 nitrogen and oxygen atoms in total. The zero-order valence-electron chi connectivity index (χ0n) is 9.77. The van der Waals surface area contributed by atoms with Crippen LogP contribution in [0.3, 0.4) is 0 Å². The van der Waals surface area contributed by atoms with Gasteiger partial charge < -0.3 is 14.6 Å². The molecule has 1 unspecified atom stereocenters. The summed E-state index contributed by atoms with van der Waals surface area (Å²) >= 11 is 0. The number of aliphatic hydroxyl groups is 1. The van der Waals surface area contributed by atoms with E-state index in [0.29, 0.717) is 6.61 Å². The molecule has 1 aromatic carbocycles. The van der Waals surface area contributed by atoms with E-state index < -0.39 is 6.10 Å². The minimum Gasteiger partial charge on any atom is -0.493 e. The molecule has 1 saturated heterocycles. The minimum absolute atomic E-state index is 0.154. The van der Waals surface area contributed by atoms with Crippen LogP contribution in [0.4, 0.5) is 0 Å². The lowest BCUT2D eigenvalue weighted by Crippen LogP contribution is -2.44. The van der Waals surface area contributed by atoms with Gasteiger partial charge in [-0.05, 0) is 24.6 Å². The van der Waals surface area contributed by atoms with Crippen LogP contribution >= 0.6 is 0 Å². The van der Waals surface area contributed by atoms with Gasteiger partial charge in [-0.1, -0.05) is 19.1 Å². The summed E-state index contributed by atoms with van der Waals surface area (Å²) < 4.78 is 10.9. The van der Waals surface area contributed by atoms with E-state index in [1.165, 1.54) is 0 Å². The van der Waals surface area contributed by atoms with Crippen molar-refractivity contribution in [1.29, 1.82) is 0 Å². The zero-order chi connectivity index (χ0) is 11.6. The van der Waals surface area contributed by atoms with Crippen LogP contribution in [0.15, 0.2) is 24.3 Å². The molecular formula is C13H18O3. The molecule has 1 atom stereocenters. The summed E-state index contributed by atoms with van der Waals surface area (Å²) in [7, 11) is 0. The van der Waals surface area contributed by atoms with Crippen molar-refractivity contribution < 1.29 is 14.6 Å². The van der Waals surface area contributed by atoms with Gasteiger partial charge in [-0.3, -0.25) is 0 Å². The first-order valence-corrected chi connectivity index (χ1v) is 5.58. The third-order valence-corrected chi connectivity index (χ3v) is 2.83. The molecule has 1 aromatic rings. The number of aliphatic hydroxyl groups excluding tert-OH is 1. The van der Waals surface area contributed by atoms with Crippen LogP contribution in [0.2, 0.25) is 0 Å². The zero-order valence-corrected chi connectivity index (χ0v) is 9.77. The third kappa shape index (κ3) is 2.54. The molecule has 16 heavy (non-hydrogen) atoms. The fourth-order valence-corrected chi connectivity index (χ4v) is 1.66. The van der Waals surface area contributed by atoms with E-state index in [2.05, 4.69) is 6.92 Å². The Morgan fingerprint density at radius 3 is 2.81 bits per heavy atom. The van der Waals surface area contributed by atoms with Gasteiger partial charge in [0.1, 0.15) is 5.75 Å². The first-order valence-electron chi connectivity index (χ1n) is 5.58. The van der Waals surface area contributed by atoms with E-state index in [4.69, 9.17) is 9.47 Å². The Hall–Kier alpha value is -1.06. The maximum Gasteiger partial charge on any atom is 0.119 e. The highest BCUT2D eigenvalue weighted by Crippen LogP contribution is 2.28. The van der Waals surface area contributed by atoms with Crippen LogP contribution in [0, 0.1) is 5.41 Å². The van der Waals surface area contributed by atoms with Crippen LogP contribution in [-0.4, -0.2) is 24.9 Å². The van der Waals surface area contributed by atoms with E-state index in [9.17, 15) is 5.11 Å². The fraction of sp³-hybridized carbons (Fsp3) is 0.538. The quantitative estimate of drug-likeness (QED) is 0.848. The van der Waals surface area contributed by atoms with Crippen LogP contribution < -0.4 is 4.74 Å². The average Bonchev–Trinajstić information content (AvgIpc) is 2.24. The molecule has 1 heterocycles. The predicted octanol–water partition coefficient (Wildman–Crippen LogP) is 2.16. The number of hydrogen-bond donors (Lipinski definition) is 1. The van der Waals surface area contributed by atoms with Gasteiger partial charge in [-0.15, -0.1) is 0 Å². The number of rotatable bonds is 4. The lowest BCUT2D eigenvalue weighted by atomic mass is 9.90. The van der Waals surface area contributed by atoms with Gasteiger partial charge in [0, 0.05) is 5.41 Å². The van der Waals surface area contributed by atoms with E-state index in [1.807, 2.05) is 24.3 Å². The highest BCUT2D eigenvalue weighted by atomic mass is 16.5. The van der Waals surface area contributed by atoms with Crippen LogP contribution in [0.5, 0.6) is 5.75 Å². The summed E-state index contributed by atoms with van der Waals surface area (Å²) in [6.07, 6.45) is -0.453. The Bertz CT molecular complexity index is 356. The first-order chi connectivity index (χ1) is 7.59. The Labute approximate surface area is 96.0 Å². The number of benzene rings is 1. The molecule has 1 aliphatic heterocycles. The molecule has 0 aliphatic carbocycles. The summed E-state index contributed by atoms with van der Waals surface area (Å²) in [5.41, 5.74) is 1.04. The highest BCUT2D eigenvalue weighted by molar-refractivity contribution is 5.29. The van der Waals surface area contributed by atoms with Crippen molar-refractivity contribution in [2.75, 3.05) is 19.8 Å². The minimum atomic E-state index is -0.453. The van der Waals surface area contributed by atoms with Crippen molar-refractivity contribution in [3.8, 4) is 5.75 Å². The Kier molecular flexibility index (Phi) is 3.17. The van der Waals surface area contributed by atoms with Crippen LogP contribution in [0.25, 0.3) is 0 Å². The van der Waals surface area contributed by atoms with Gasteiger partial charge in [0.2, 0.25) is 0 Å². The Morgan fingerprint density at radius 2 is 2.25 bits per heavy atom. The lowest BCUT2D eigenvalue weighted by molar-refractivity contribution is -0.120. The van der Waals surface area contributed by atoms with Crippen molar-refractivity contribution in [3.63, 3.8) is 0 Å². The molecule has 0 aromatic heterocycles. The molecule has 1 aliphatic rings. The molecular weight excluding hydrogens is 204 g/mol. The largest absolute Gasteiger partial charge is 0.493 e. The predicted molar refractivity (Wildman–Crippen MR) is 61.5 cm³/mol. The molecule has 3 heteroatoms. The lowest BCUT2D eigenvalue weighted by Gasteiger charge is -2.37. The van der Waals surface area contributed by atoms with Crippen molar-refractivity contribution in [2.24, 2.45) is 5.41 Å². The number of hydrogen-bond acceptors (Lipinski definition) is 3. The van der Waals surface area contributed by atoms with Gasteiger partial charge in [-0.25, -0.2) is 0 Å². The second-order valence-electron chi connectivity index (χ2n) is 4.84. The normalized spacial score (nSPS) is 19.9. The molecule has 0 bridgehead atoms. The highest BCUT2D eigenvalue weighted by Gasteiger charge is 2.34. The smallest absolute Gasteiger partial charge is 0.119 e. The second kappa shape index (κ2) is 4.44. The van der Waals surface area contributed by atoms with Crippen molar-refractivity contribution in [3.05, 3.63) is 29.8 Å². The number of ether oxygens (including phenoxy) is 2. The maximum absolute atomic E-state index is 9.46. The molecule has 1 N–H and O–H groups in total. The van der Waals surface area contributed by atoms with E-state index in [1.54, 1.807) is 6.92 Å². The van der Waals surface area contributed by atoms with Crippen molar-refractivity contribution in [1.82, 2.24) is 0 Å². The summed E-state index contributed by atoms with van der Waals surface area (Å²) in [6, 6.07) is 7.59. The summed E-state index contributed by atoms with van der Waals surface area (Å²) in [4.78, 5) is 0. The van der Waals surface area contributed by atoms with Crippen molar-refractivity contribution >= 4 is 0 Å². The van der Waals surface area contributed by atoms with Gasteiger partial charge in [0.15, 0.2) is 0 Å². The van der Waals surface area contributed by atoms with Gasteiger partial charge in [0.25, 0.3) is 0 Å². The molecule has 2 rings (SSSR count). The maximum atomic E-state index is 9.46. The second-order valence-corrected chi connectivity index (χ2v) is 4.84. The van der Waals surface area contributed by atoms with Crippen LogP contribution in [-0.2, 0) is 4.74 Å². The third-order valence-electron chi connectivity index (χ3n) is 2.83. The van der Waals surface area contributed by atoms with Gasteiger partial charge in [-0.2, -0.15) is 0 Å². The Balaban J connectivity index is 1.96. The topological polar surface area (TPSA) is 38.7 Å². The summed E-state index contributed by atoms with van der Waals surface area (Å²) in [5.74, 6) is 0.812. The summed E-state index contributed by atoms with van der Waals surface area (Å²) in [6.45, 7) is 6.09. The first kappa shape index (κ1) is 11.4. The van der Waals surface area contributed by atoms with Gasteiger partial charge >= 0.3 is 0 Å². The SMILES string of the molecule is CC(O)c1cccc(OCC2(C)COC2)c1. The fourth-order valence-electron chi connectivity index (χ4n) is 1.66. The molecule has 0 amide bonds. The molecule has 1 fully saturated rings. The average molecular weight is 222 g/mol. The summed E-state index contributed by atoms with van der Waals surface area (Å²) in [5, 5.41) is 9.46. The molecule has 0 saturated carbocycles. The van der Waals surface area contributed by atoms with E-state index in [0.717, 1.165) is 24.5 Å². The Morgan fingerprint density at radius 1 is 1.50 bits per heavy atom. The monoisotopic (exact) mass is 222 g/mol. The van der Waals surface area contributed by atoms with Crippen molar-refractivity contribution in [2.45, 2.75) is 20.0 Å². The van der Waals surface area contributed by atoms with E-state index in [-0.39, 0.29) is 5.41 Å². The van der Waals surface area contributed by atoms with Crippen LogP contribution in [0.1, 0.15) is 25.5 Å². The standard InChI is InChI=1S/C13H18O3/c1-10(14)11-4-3-5-12(6-11)16-9-13(2)7-15-8-13/h3-6,10,14H,7-9H2,1-2H3. The molecule has 0 radical (unpaired) electrons. The molecule has 88 valence electrons. The molecule has 0 spiro atoms. The van der Waals surface area contributed by atoms with E-state index >= 15 is 0 Å².